The van der Waals surface area contributed by atoms with Crippen LogP contribution < -0.4 is 5.32 Å². The lowest BCUT2D eigenvalue weighted by molar-refractivity contribution is 0.210. The van der Waals surface area contributed by atoms with Crippen LogP contribution in [0.15, 0.2) is 29.0 Å². The largest absolute Gasteiger partial charge is 0.383 e. The summed E-state index contributed by atoms with van der Waals surface area (Å²) in [5.41, 5.74) is 1.99. The maximum absolute atomic E-state index is 6.19. The normalized spacial score (nSPS) is 10.7. The van der Waals surface area contributed by atoms with Gasteiger partial charge in [-0.3, -0.25) is 4.57 Å². The van der Waals surface area contributed by atoms with Crippen molar-refractivity contribution < 1.29 is 4.74 Å². The van der Waals surface area contributed by atoms with E-state index in [1.54, 1.807) is 13.3 Å². The molecular weight excluding hydrogens is 330 g/mol. The molecule has 0 saturated carbocycles. The number of benzene rings is 1. The third kappa shape index (κ3) is 3.29. The molecule has 1 heterocycles. The minimum atomic E-state index is 0.628. The summed E-state index contributed by atoms with van der Waals surface area (Å²) in [5.74, 6) is 0.762. The van der Waals surface area contributed by atoms with Crippen LogP contribution in [0.3, 0.4) is 0 Å². The first kappa shape index (κ1) is 14.4. The van der Waals surface area contributed by atoms with Crippen LogP contribution in [0.4, 0.5) is 5.95 Å². The van der Waals surface area contributed by atoms with Gasteiger partial charge in [0.05, 0.1) is 12.3 Å². The molecule has 0 aliphatic rings. The average molecular weight is 345 g/mol. The fraction of sp³-hybridized carbons (Fsp3) is 0.308. The number of halogens is 2. The first-order valence-corrected chi connectivity index (χ1v) is 7.02. The lowest BCUT2D eigenvalue weighted by Crippen LogP contribution is -2.11. The molecular formula is C13H15BrClN3O. The summed E-state index contributed by atoms with van der Waals surface area (Å²) in [6, 6.07) is 3.92. The Balaban J connectivity index is 2.32. The van der Waals surface area contributed by atoms with Crippen LogP contribution in [0.25, 0.3) is 5.69 Å². The maximum Gasteiger partial charge on any atom is 0.207 e. The van der Waals surface area contributed by atoms with E-state index in [0.717, 1.165) is 26.7 Å². The van der Waals surface area contributed by atoms with Crippen molar-refractivity contribution >= 4 is 33.5 Å². The molecule has 4 nitrogen and oxygen atoms in total. The Kier molecular flexibility index (Phi) is 4.85. The molecule has 0 saturated heterocycles. The number of ether oxygens (including phenoxy) is 1. The lowest BCUT2D eigenvalue weighted by Gasteiger charge is -2.12. The highest BCUT2D eigenvalue weighted by atomic mass is 79.9. The van der Waals surface area contributed by atoms with Crippen molar-refractivity contribution in [1.29, 1.82) is 0 Å². The van der Waals surface area contributed by atoms with Crippen molar-refractivity contribution in [2.45, 2.75) is 6.92 Å². The van der Waals surface area contributed by atoms with E-state index < -0.39 is 0 Å². The molecule has 2 aromatic rings. The van der Waals surface area contributed by atoms with Crippen LogP contribution in [0, 0.1) is 6.92 Å². The Morgan fingerprint density at radius 3 is 3.00 bits per heavy atom. The highest BCUT2D eigenvalue weighted by molar-refractivity contribution is 9.10. The number of nitrogens with zero attached hydrogens (tertiary/aromatic N) is 2. The van der Waals surface area contributed by atoms with Crippen molar-refractivity contribution in [3.8, 4) is 5.69 Å². The molecule has 0 atom stereocenters. The van der Waals surface area contributed by atoms with Gasteiger partial charge in [0.25, 0.3) is 0 Å². The molecule has 0 fully saturated rings. The van der Waals surface area contributed by atoms with Crippen LogP contribution in [-0.2, 0) is 4.74 Å². The summed E-state index contributed by atoms with van der Waals surface area (Å²) in [7, 11) is 1.67. The highest BCUT2D eigenvalue weighted by Crippen LogP contribution is 2.29. The molecule has 0 radical (unpaired) electrons. The van der Waals surface area contributed by atoms with Gasteiger partial charge in [0.2, 0.25) is 5.95 Å². The van der Waals surface area contributed by atoms with Gasteiger partial charge in [0, 0.05) is 35.5 Å². The molecule has 0 unspecified atom stereocenters. The van der Waals surface area contributed by atoms with E-state index in [2.05, 4.69) is 26.2 Å². The van der Waals surface area contributed by atoms with Crippen LogP contribution in [0.5, 0.6) is 0 Å². The number of methoxy groups -OCH3 is 1. The molecule has 0 bridgehead atoms. The fourth-order valence-electron chi connectivity index (χ4n) is 1.71. The SMILES string of the molecule is COCCNc1nccn1-c1cc(Cl)c(C)cc1Br. The zero-order valence-corrected chi connectivity index (χ0v) is 13.1. The second-order valence-electron chi connectivity index (χ2n) is 4.09. The Morgan fingerprint density at radius 2 is 2.26 bits per heavy atom. The quantitative estimate of drug-likeness (QED) is 0.841. The Labute approximate surface area is 125 Å². The molecule has 0 aliphatic heterocycles. The van der Waals surface area contributed by atoms with Gasteiger partial charge < -0.3 is 10.1 Å². The van der Waals surface area contributed by atoms with Crippen molar-refractivity contribution in [2.75, 3.05) is 25.6 Å². The number of aromatic nitrogens is 2. The predicted molar refractivity (Wildman–Crippen MR) is 81.4 cm³/mol. The third-order valence-corrected chi connectivity index (χ3v) is 3.76. The summed E-state index contributed by atoms with van der Waals surface area (Å²) in [5, 5.41) is 3.95. The van der Waals surface area contributed by atoms with E-state index in [1.807, 2.05) is 29.8 Å². The van der Waals surface area contributed by atoms with Gasteiger partial charge in [0.15, 0.2) is 0 Å². The molecule has 1 aromatic carbocycles. The summed E-state index contributed by atoms with van der Waals surface area (Å²) < 4.78 is 7.94. The second-order valence-corrected chi connectivity index (χ2v) is 5.35. The monoisotopic (exact) mass is 343 g/mol. The molecule has 1 aromatic heterocycles. The first-order valence-electron chi connectivity index (χ1n) is 5.85. The lowest BCUT2D eigenvalue weighted by atomic mass is 10.2. The molecule has 102 valence electrons. The van der Waals surface area contributed by atoms with Crippen molar-refractivity contribution in [2.24, 2.45) is 0 Å². The van der Waals surface area contributed by atoms with Crippen LogP contribution in [-0.4, -0.2) is 29.8 Å². The Bertz CT molecular complexity index is 571. The number of imidazole rings is 1. The number of nitrogens with one attached hydrogen (secondary N) is 1. The summed E-state index contributed by atoms with van der Waals surface area (Å²) in [4.78, 5) is 4.29. The Hall–Kier alpha value is -1.04. The summed E-state index contributed by atoms with van der Waals surface area (Å²) in [6.07, 6.45) is 3.64. The van der Waals surface area contributed by atoms with Crippen LogP contribution in [0.2, 0.25) is 5.02 Å². The molecule has 0 aliphatic carbocycles. The average Bonchev–Trinajstić information content (AvgIpc) is 2.82. The topological polar surface area (TPSA) is 39.1 Å². The standard InChI is InChI=1S/C13H15BrClN3O/c1-9-7-10(14)12(8-11(9)15)18-5-3-16-13(18)17-4-6-19-2/h3,5,7-8H,4,6H2,1-2H3,(H,16,17). The fourth-order valence-corrected chi connectivity index (χ4v) is 2.52. The highest BCUT2D eigenvalue weighted by Gasteiger charge is 2.10. The van der Waals surface area contributed by atoms with Crippen molar-refractivity contribution in [3.05, 3.63) is 39.6 Å². The maximum atomic E-state index is 6.19. The smallest absolute Gasteiger partial charge is 0.207 e. The van der Waals surface area contributed by atoms with Gasteiger partial charge in [-0.15, -0.1) is 0 Å². The first-order chi connectivity index (χ1) is 9.13. The number of aryl methyl sites for hydroxylation is 1. The van der Waals surface area contributed by atoms with Gasteiger partial charge in [-0.25, -0.2) is 4.98 Å². The molecule has 0 spiro atoms. The van der Waals surface area contributed by atoms with Crippen LogP contribution in [0.1, 0.15) is 5.56 Å². The van der Waals surface area contributed by atoms with Gasteiger partial charge >= 0.3 is 0 Å². The number of anilines is 1. The zero-order valence-electron chi connectivity index (χ0n) is 10.8. The summed E-state index contributed by atoms with van der Waals surface area (Å²) in [6.45, 7) is 3.30. The molecule has 6 heteroatoms. The molecule has 2 rings (SSSR count). The second kappa shape index (κ2) is 6.41. The van der Waals surface area contributed by atoms with Gasteiger partial charge in [-0.05, 0) is 40.5 Å². The van der Waals surface area contributed by atoms with E-state index in [-0.39, 0.29) is 0 Å². The van der Waals surface area contributed by atoms with E-state index in [9.17, 15) is 0 Å². The predicted octanol–water partition coefficient (Wildman–Crippen LogP) is 3.65. The number of hydrogen-bond acceptors (Lipinski definition) is 3. The number of rotatable bonds is 5. The third-order valence-electron chi connectivity index (χ3n) is 2.72. The minimum Gasteiger partial charge on any atom is -0.383 e. The van der Waals surface area contributed by atoms with Gasteiger partial charge in [-0.2, -0.15) is 0 Å². The van der Waals surface area contributed by atoms with Gasteiger partial charge in [0.1, 0.15) is 0 Å². The van der Waals surface area contributed by atoms with Gasteiger partial charge in [-0.1, -0.05) is 11.6 Å². The van der Waals surface area contributed by atoms with E-state index in [4.69, 9.17) is 16.3 Å². The molecule has 0 amide bonds. The van der Waals surface area contributed by atoms with Crippen molar-refractivity contribution in [1.82, 2.24) is 9.55 Å². The van der Waals surface area contributed by atoms with Crippen molar-refractivity contribution in [3.63, 3.8) is 0 Å². The van der Waals surface area contributed by atoms with E-state index in [0.29, 0.717) is 13.2 Å². The van der Waals surface area contributed by atoms with E-state index >= 15 is 0 Å². The summed E-state index contributed by atoms with van der Waals surface area (Å²) >= 11 is 9.75. The zero-order chi connectivity index (χ0) is 13.8. The van der Waals surface area contributed by atoms with Crippen LogP contribution >= 0.6 is 27.5 Å². The van der Waals surface area contributed by atoms with E-state index in [1.165, 1.54) is 0 Å². The molecule has 19 heavy (non-hydrogen) atoms. The number of hydrogen-bond donors (Lipinski definition) is 1. The minimum absolute atomic E-state index is 0.628. The molecule has 1 N–H and O–H groups in total. The Morgan fingerprint density at radius 1 is 1.47 bits per heavy atom.